The van der Waals surface area contributed by atoms with Crippen LogP contribution in [-0.2, 0) is 12.8 Å². The molecule has 0 fully saturated rings. The quantitative estimate of drug-likeness (QED) is 0.422. The maximum absolute atomic E-state index is 2.28. The molecule has 0 unspecified atom stereocenters. The van der Waals surface area contributed by atoms with Gasteiger partial charge < -0.3 is 0 Å². The molecule has 23 heavy (non-hydrogen) atoms. The maximum Gasteiger partial charge on any atom is -0.0279 e. The average molecular weight is 309 g/mol. The molecule has 0 spiro atoms. The van der Waals surface area contributed by atoms with E-state index in [9.17, 15) is 0 Å². The van der Waals surface area contributed by atoms with Crippen molar-refractivity contribution in [1.29, 1.82) is 0 Å². The van der Waals surface area contributed by atoms with E-state index in [4.69, 9.17) is 0 Å². The predicted molar refractivity (Wildman–Crippen MR) is 102 cm³/mol. The zero-order valence-electron chi connectivity index (χ0n) is 15.0. The van der Waals surface area contributed by atoms with Crippen LogP contribution in [0.3, 0.4) is 0 Å². The summed E-state index contributed by atoms with van der Waals surface area (Å²) in [6.07, 6.45) is 12.1. The third-order valence-electron chi connectivity index (χ3n) is 4.67. The van der Waals surface area contributed by atoms with Crippen LogP contribution in [0.2, 0.25) is 0 Å². The van der Waals surface area contributed by atoms with E-state index in [-0.39, 0.29) is 0 Å². The summed E-state index contributed by atoms with van der Waals surface area (Å²) in [7, 11) is 0. The Morgan fingerprint density at radius 3 is 1.09 bits per heavy atom. The summed E-state index contributed by atoms with van der Waals surface area (Å²) in [6, 6.07) is 18.0. The zero-order chi connectivity index (χ0) is 16.3. The first-order valence-electron chi connectivity index (χ1n) is 9.35. The summed E-state index contributed by atoms with van der Waals surface area (Å²) >= 11 is 0. The number of rotatable bonds is 10. The topological polar surface area (TPSA) is 0 Å². The minimum Gasteiger partial charge on any atom is -0.0591 e. The van der Waals surface area contributed by atoms with Crippen molar-refractivity contribution in [3.05, 3.63) is 70.8 Å². The van der Waals surface area contributed by atoms with Gasteiger partial charge in [-0.2, -0.15) is 0 Å². The fraction of sp³-hybridized carbons (Fsp3) is 0.478. The molecule has 124 valence electrons. The number of hydrogen-bond acceptors (Lipinski definition) is 0. The lowest BCUT2D eigenvalue weighted by molar-refractivity contribution is 0.579. The van der Waals surface area contributed by atoms with Crippen molar-refractivity contribution in [2.24, 2.45) is 0 Å². The molecule has 0 aliphatic heterocycles. The van der Waals surface area contributed by atoms with Crippen LogP contribution in [0, 0.1) is 13.8 Å². The number of aryl methyl sites for hydroxylation is 4. The van der Waals surface area contributed by atoms with E-state index in [1.54, 1.807) is 0 Å². The van der Waals surface area contributed by atoms with Crippen molar-refractivity contribution in [2.45, 2.75) is 71.6 Å². The highest BCUT2D eigenvalue weighted by Gasteiger charge is 1.96. The zero-order valence-corrected chi connectivity index (χ0v) is 15.0. The van der Waals surface area contributed by atoms with E-state index in [0.29, 0.717) is 0 Å². The Hall–Kier alpha value is -1.56. The second-order valence-corrected chi connectivity index (χ2v) is 6.95. The lowest BCUT2D eigenvalue weighted by atomic mass is 10.0. The highest BCUT2D eigenvalue weighted by molar-refractivity contribution is 5.22. The molecule has 0 nitrogen and oxygen atoms in total. The molecule has 0 heterocycles. The molecular formula is C23H32. The van der Waals surface area contributed by atoms with E-state index < -0.39 is 0 Å². The fourth-order valence-electron chi connectivity index (χ4n) is 3.05. The van der Waals surface area contributed by atoms with Gasteiger partial charge in [-0.05, 0) is 50.7 Å². The molecule has 0 radical (unpaired) electrons. The Bertz CT molecular complexity index is 482. The molecule has 0 N–H and O–H groups in total. The molecule has 2 rings (SSSR count). The first kappa shape index (κ1) is 17.8. The summed E-state index contributed by atoms with van der Waals surface area (Å²) in [5, 5.41) is 0. The van der Waals surface area contributed by atoms with Crippen LogP contribution in [0.15, 0.2) is 48.5 Å². The molecule has 0 heteroatoms. The van der Waals surface area contributed by atoms with Gasteiger partial charge in [0.1, 0.15) is 0 Å². The van der Waals surface area contributed by atoms with Crippen LogP contribution in [0.5, 0.6) is 0 Å². The molecule has 0 aliphatic rings. The Morgan fingerprint density at radius 2 is 0.739 bits per heavy atom. The van der Waals surface area contributed by atoms with Gasteiger partial charge in [0.2, 0.25) is 0 Å². The second kappa shape index (κ2) is 10.3. The molecular weight excluding hydrogens is 276 g/mol. The smallest absolute Gasteiger partial charge is 0.0279 e. The summed E-state index contributed by atoms with van der Waals surface area (Å²) in [4.78, 5) is 0. The molecule has 0 saturated carbocycles. The van der Waals surface area contributed by atoms with Gasteiger partial charge in [0.25, 0.3) is 0 Å². The van der Waals surface area contributed by atoms with Crippen molar-refractivity contribution in [3.63, 3.8) is 0 Å². The molecule has 0 aromatic heterocycles. The van der Waals surface area contributed by atoms with Crippen LogP contribution in [-0.4, -0.2) is 0 Å². The van der Waals surface area contributed by atoms with Crippen molar-refractivity contribution in [1.82, 2.24) is 0 Å². The lowest BCUT2D eigenvalue weighted by Gasteiger charge is -2.04. The third-order valence-corrected chi connectivity index (χ3v) is 4.67. The lowest BCUT2D eigenvalue weighted by Crippen LogP contribution is -1.88. The largest absolute Gasteiger partial charge is 0.0591 e. The van der Waals surface area contributed by atoms with Crippen LogP contribution < -0.4 is 0 Å². The molecule has 0 saturated heterocycles. The Kier molecular flexibility index (Phi) is 7.93. The summed E-state index contributed by atoms with van der Waals surface area (Å²) in [5.74, 6) is 0. The monoisotopic (exact) mass is 308 g/mol. The van der Waals surface area contributed by atoms with Gasteiger partial charge in [0.15, 0.2) is 0 Å². The molecule has 2 aromatic rings. The number of unbranched alkanes of at least 4 members (excludes halogenated alkanes) is 6. The molecule has 0 bridgehead atoms. The minimum absolute atomic E-state index is 1.24. The number of hydrogen-bond donors (Lipinski definition) is 0. The maximum atomic E-state index is 2.28. The van der Waals surface area contributed by atoms with Crippen molar-refractivity contribution in [2.75, 3.05) is 0 Å². The molecule has 2 aromatic carbocycles. The van der Waals surface area contributed by atoms with Gasteiger partial charge in [-0.1, -0.05) is 91.8 Å². The Morgan fingerprint density at radius 1 is 0.435 bits per heavy atom. The van der Waals surface area contributed by atoms with Crippen molar-refractivity contribution < 1.29 is 0 Å². The van der Waals surface area contributed by atoms with E-state index in [0.717, 1.165) is 0 Å². The number of benzene rings is 2. The van der Waals surface area contributed by atoms with Gasteiger partial charge in [-0.15, -0.1) is 0 Å². The fourth-order valence-corrected chi connectivity index (χ4v) is 3.05. The Balaban J connectivity index is 1.43. The Labute approximate surface area is 143 Å². The van der Waals surface area contributed by atoms with E-state index in [2.05, 4.69) is 62.4 Å². The standard InChI is InChI=1S/C23H32/c1-20-12-16-22(17-13-20)10-8-6-4-3-5-7-9-11-23-18-14-21(2)15-19-23/h12-19H,3-11H2,1-2H3. The van der Waals surface area contributed by atoms with Crippen molar-refractivity contribution in [3.8, 4) is 0 Å². The molecule has 0 amide bonds. The first-order valence-corrected chi connectivity index (χ1v) is 9.35. The minimum atomic E-state index is 1.24. The average Bonchev–Trinajstić information content (AvgIpc) is 2.56. The van der Waals surface area contributed by atoms with Crippen LogP contribution in [0.25, 0.3) is 0 Å². The van der Waals surface area contributed by atoms with E-state index in [1.807, 2.05) is 0 Å². The predicted octanol–water partition coefficient (Wildman–Crippen LogP) is 6.82. The van der Waals surface area contributed by atoms with Gasteiger partial charge in [0, 0.05) is 0 Å². The SMILES string of the molecule is Cc1ccc(CCCCCCCCCc2ccc(C)cc2)cc1. The summed E-state index contributed by atoms with van der Waals surface area (Å²) < 4.78 is 0. The summed E-state index contributed by atoms with van der Waals surface area (Å²) in [6.45, 7) is 4.31. The van der Waals surface area contributed by atoms with E-state index >= 15 is 0 Å². The molecule has 0 aliphatic carbocycles. The van der Waals surface area contributed by atoms with Crippen molar-refractivity contribution >= 4 is 0 Å². The summed E-state index contributed by atoms with van der Waals surface area (Å²) in [5.41, 5.74) is 5.71. The molecule has 0 atom stereocenters. The highest BCUT2D eigenvalue weighted by atomic mass is 14.0. The third kappa shape index (κ3) is 7.50. The van der Waals surface area contributed by atoms with Gasteiger partial charge in [-0.3, -0.25) is 0 Å². The van der Waals surface area contributed by atoms with Gasteiger partial charge in [-0.25, -0.2) is 0 Å². The highest BCUT2D eigenvalue weighted by Crippen LogP contribution is 2.13. The van der Waals surface area contributed by atoms with Crippen LogP contribution in [0.4, 0.5) is 0 Å². The first-order chi connectivity index (χ1) is 11.2. The normalized spacial score (nSPS) is 10.9. The van der Waals surface area contributed by atoms with Gasteiger partial charge in [0.05, 0.1) is 0 Å². The van der Waals surface area contributed by atoms with E-state index in [1.165, 1.54) is 80.0 Å². The van der Waals surface area contributed by atoms with Crippen LogP contribution >= 0.6 is 0 Å². The van der Waals surface area contributed by atoms with Gasteiger partial charge >= 0.3 is 0 Å². The van der Waals surface area contributed by atoms with Crippen LogP contribution in [0.1, 0.15) is 67.2 Å². The second-order valence-electron chi connectivity index (χ2n) is 6.95.